The Labute approximate surface area is 202 Å². The van der Waals surface area contributed by atoms with Crippen molar-refractivity contribution in [3.8, 4) is 0 Å². The number of hydrogen-bond donors (Lipinski definition) is 2. The minimum Gasteiger partial charge on any atom is -1.00 e. The van der Waals surface area contributed by atoms with Crippen molar-refractivity contribution in [3.05, 3.63) is 81.5 Å². The van der Waals surface area contributed by atoms with Crippen LogP contribution in [0.3, 0.4) is 0 Å². The van der Waals surface area contributed by atoms with Crippen molar-refractivity contribution in [2.24, 2.45) is 0 Å². The molecule has 4 N–H and O–H groups in total. The fourth-order valence-corrected chi connectivity index (χ4v) is 2.16. The van der Waals surface area contributed by atoms with E-state index in [9.17, 15) is 9.59 Å². The summed E-state index contributed by atoms with van der Waals surface area (Å²) in [7, 11) is 0. The maximum Gasteiger partial charge on any atom is 2.00 e. The van der Waals surface area contributed by atoms with Gasteiger partial charge in [-0.05, 0) is 24.3 Å². The van der Waals surface area contributed by atoms with E-state index in [-0.39, 0.29) is 80.4 Å². The predicted octanol–water partition coefficient (Wildman–Crippen LogP) is -3.24. The van der Waals surface area contributed by atoms with E-state index in [4.69, 9.17) is 20.3 Å². The molecule has 0 bridgehead atoms. The Morgan fingerprint density at radius 3 is 1.33 bits per heavy atom. The molecule has 0 radical (unpaired) electrons. The molecule has 2 aromatic heterocycles. The average molecular weight is 771 g/mol. The molecule has 9 heteroatoms. The predicted molar refractivity (Wildman–Crippen MR) is 93.8 cm³/mol. The molecule has 0 fully saturated rings. The second kappa shape index (κ2) is 11.5. The Bertz CT molecular complexity index is 1050. The van der Waals surface area contributed by atoms with Crippen LogP contribution >= 0.6 is 0 Å². The fourth-order valence-electron chi connectivity index (χ4n) is 2.16. The first kappa shape index (κ1) is 25.6. The number of benzene rings is 2. The van der Waals surface area contributed by atoms with Crippen molar-refractivity contribution in [2.45, 2.75) is 0 Å². The second-order valence-corrected chi connectivity index (χ2v) is 5.05. The zero-order valence-corrected chi connectivity index (χ0v) is 20.2. The Kier molecular flexibility index (Phi) is 10.9. The molecule has 0 atom stereocenters. The summed E-state index contributed by atoms with van der Waals surface area (Å²) >= 11 is 0. The van der Waals surface area contributed by atoms with Gasteiger partial charge in [-0.3, -0.25) is 0 Å². The van der Waals surface area contributed by atoms with Crippen molar-refractivity contribution < 1.29 is 77.9 Å². The molecule has 0 aliphatic carbocycles. The van der Waals surface area contributed by atoms with Gasteiger partial charge >= 0.3 is 32.3 Å². The summed E-state index contributed by atoms with van der Waals surface area (Å²) in [5, 5.41) is 1.68. The van der Waals surface area contributed by atoms with Gasteiger partial charge in [-0.25, -0.2) is 9.59 Å². The van der Waals surface area contributed by atoms with Gasteiger partial charge in [0.25, 0.3) is 0 Å². The monoisotopic (exact) mass is 771 g/mol. The maximum atomic E-state index is 10.9. The van der Waals surface area contributed by atoms with E-state index in [1.165, 1.54) is 0 Å². The summed E-state index contributed by atoms with van der Waals surface area (Å²) < 4.78 is 9.82. The molecule has 0 amide bonds. The topological polar surface area (TPSA) is 112 Å². The Morgan fingerprint density at radius 1 is 0.630 bits per heavy atom. The van der Waals surface area contributed by atoms with Gasteiger partial charge < -0.3 is 68.3 Å². The van der Waals surface area contributed by atoms with Crippen LogP contribution in [0.4, 0.5) is 11.4 Å². The Morgan fingerprint density at radius 2 is 0.963 bits per heavy atom. The standard InChI is InChI=1S/2C9H7NO2.2HI.Pt/c2*10-7-5-6-3-1-2-4-8(6)12-9(7)11;;;/h2*1-5H,10H2;2*1H;/q;;;;+2/p-2. The summed E-state index contributed by atoms with van der Waals surface area (Å²) in [4.78, 5) is 21.9. The summed E-state index contributed by atoms with van der Waals surface area (Å²) in [6.45, 7) is 0. The van der Waals surface area contributed by atoms with Crippen molar-refractivity contribution in [2.75, 3.05) is 11.5 Å². The second-order valence-electron chi connectivity index (χ2n) is 5.05. The molecule has 0 aliphatic heterocycles. The number of nitrogens with two attached hydrogens (primary N) is 2. The van der Waals surface area contributed by atoms with Crippen molar-refractivity contribution in [1.29, 1.82) is 0 Å². The normalized spacial score (nSPS) is 9.19. The molecule has 4 rings (SSSR count). The summed E-state index contributed by atoms with van der Waals surface area (Å²) in [5.74, 6) is 0. The summed E-state index contributed by atoms with van der Waals surface area (Å²) in [5.41, 5.74) is 11.2. The van der Waals surface area contributed by atoms with Gasteiger partial charge in [-0.15, -0.1) is 0 Å². The molecule has 2 heterocycles. The smallest absolute Gasteiger partial charge is 1.00 e. The molecule has 2 aromatic carbocycles. The summed E-state index contributed by atoms with van der Waals surface area (Å²) in [6, 6.07) is 17.7. The molecular weight excluding hydrogens is 757 g/mol. The van der Waals surface area contributed by atoms with E-state index in [0.717, 1.165) is 10.8 Å². The third-order valence-electron chi connectivity index (χ3n) is 3.34. The molecule has 6 nitrogen and oxygen atoms in total. The number of halogens is 2. The van der Waals surface area contributed by atoms with Gasteiger partial charge in [0.15, 0.2) is 0 Å². The molecule has 27 heavy (non-hydrogen) atoms. The number of rotatable bonds is 0. The average Bonchev–Trinajstić information content (AvgIpc) is 2.57. The van der Waals surface area contributed by atoms with Gasteiger partial charge in [-0.1, -0.05) is 36.4 Å². The van der Waals surface area contributed by atoms with E-state index in [1.807, 2.05) is 36.4 Å². The number of para-hydroxylation sites is 2. The van der Waals surface area contributed by atoms with Gasteiger partial charge in [0.1, 0.15) is 22.5 Å². The molecule has 0 unspecified atom stereocenters. The minimum absolute atomic E-state index is 0. The van der Waals surface area contributed by atoms with Crippen LogP contribution in [0.15, 0.2) is 79.1 Å². The van der Waals surface area contributed by atoms with E-state index in [1.54, 1.807) is 24.3 Å². The van der Waals surface area contributed by atoms with Crippen LogP contribution in [-0.4, -0.2) is 0 Å². The van der Waals surface area contributed by atoms with Crippen LogP contribution in [0.2, 0.25) is 0 Å². The molecule has 4 aromatic rings. The largest absolute Gasteiger partial charge is 2.00 e. The summed E-state index contributed by atoms with van der Waals surface area (Å²) in [6.07, 6.45) is 0. The SMILES string of the molecule is Nc1cc2ccccc2oc1=O.Nc1cc2ccccc2oc1=O.[I-].[I-].[Pt+2]. The van der Waals surface area contributed by atoms with Gasteiger partial charge in [0.05, 0.1) is 0 Å². The van der Waals surface area contributed by atoms with E-state index >= 15 is 0 Å². The van der Waals surface area contributed by atoms with E-state index in [0.29, 0.717) is 11.2 Å². The van der Waals surface area contributed by atoms with Crippen LogP contribution < -0.4 is 70.7 Å². The zero-order valence-electron chi connectivity index (χ0n) is 13.6. The molecule has 144 valence electrons. The van der Waals surface area contributed by atoms with Crippen molar-refractivity contribution in [3.63, 3.8) is 0 Å². The zero-order chi connectivity index (χ0) is 17.1. The quantitative estimate of drug-likeness (QED) is 0.144. The molecule has 0 saturated heterocycles. The maximum absolute atomic E-state index is 10.9. The molecular formula is C18H14I2N2O4Pt. The van der Waals surface area contributed by atoms with Crippen LogP contribution in [0.1, 0.15) is 0 Å². The minimum atomic E-state index is -0.478. The van der Waals surface area contributed by atoms with Gasteiger partial charge in [-0.2, -0.15) is 0 Å². The van der Waals surface area contributed by atoms with E-state index in [2.05, 4.69) is 0 Å². The van der Waals surface area contributed by atoms with Crippen LogP contribution in [0.5, 0.6) is 0 Å². The van der Waals surface area contributed by atoms with Crippen molar-refractivity contribution >= 4 is 33.3 Å². The van der Waals surface area contributed by atoms with Gasteiger partial charge in [0.2, 0.25) is 0 Å². The third-order valence-corrected chi connectivity index (χ3v) is 3.34. The Balaban J connectivity index is 0.000000451. The molecule has 0 aliphatic rings. The first-order valence-corrected chi connectivity index (χ1v) is 7.11. The number of anilines is 2. The van der Waals surface area contributed by atoms with Crippen molar-refractivity contribution in [1.82, 2.24) is 0 Å². The van der Waals surface area contributed by atoms with Crippen LogP contribution in [0.25, 0.3) is 21.9 Å². The fraction of sp³-hybridized carbons (Fsp3) is 0. The van der Waals surface area contributed by atoms with Crippen LogP contribution in [-0.2, 0) is 21.1 Å². The first-order chi connectivity index (χ1) is 11.5. The number of hydrogen-bond acceptors (Lipinski definition) is 6. The molecule has 0 spiro atoms. The number of nitrogen functional groups attached to an aromatic ring is 2. The van der Waals surface area contributed by atoms with Gasteiger partial charge in [0, 0.05) is 10.8 Å². The molecule has 0 saturated carbocycles. The number of fused-ring (bicyclic) bond motifs is 2. The van der Waals surface area contributed by atoms with Crippen LogP contribution in [0, 0.1) is 0 Å². The Hall–Kier alpha value is -1.39. The first-order valence-electron chi connectivity index (χ1n) is 7.11. The van der Waals surface area contributed by atoms with E-state index < -0.39 is 11.3 Å². The third kappa shape index (κ3) is 6.32.